The number of aromatic nitrogens is 1. The molecule has 0 fully saturated rings. The molecule has 0 bridgehead atoms. The second-order valence-electron chi connectivity index (χ2n) is 5.46. The number of hydrogen-bond donors (Lipinski definition) is 1. The van der Waals surface area contributed by atoms with E-state index < -0.39 is 0 Å². The molecule has 0 aliphatic carbocycles. The van der Waals surface area contributed by atoms with E-state index in [0.29, 0.717) is 16.6 Å². The Morgan fingerprint density at radius 1 is 1.24 bits per heavy atom. The summed E-state index contributed by atoms with van der Waals surface area (Å²) in [4.78, 5) is 16.9. The number of carbonyl (C=O) groups excluding carboxylic acids is 1. The molecule has 1 N–H and O–H groups in total. The molecule has 1 heterocycles. The Morgan fingerprint density at radius 2 is 2.04 bits per heavy atom. The minimum atomic E-state index is -0.147. The molecule has 3 aromatic rings. The van der Waals surface area contributed by atoms with Gasteiger partial charge in [-0.25, -0.2) is 4.98 Å². The average Bonchev–Trinajstić information content (AvgIpc) is 2.60. The van der Waals surface area contributed by atoms with Crippen molar-refractivity contribution in [2.75, 3.05) is 11.6 Å². The monoisotopic (exact) mass is 372 g/mol. The normalized spacial score (nSPS) is 10.7. The van der Waals surface area contributed by atoms with Crippen LogP contribution in [-0.2, 0) is 11.4 Å². The highest BCUT2D eigenvalue weighted by Crippen LogP contribution is 2.28. The van der Waals surface area contributed by atoms with Gasteiger partial charge in [0.15, 0.2) is 0 Å². The van der Waals surface area contributed by atoms with Gasteiger partial charge in [-0.3, -0.25) is 4.79 Å². The maximum Gasteiger partial charge on any atom is 0.221 e. The fourth-order valence-corrected chi connectivity index (χ4v) is 3.07. The van der Waals surface area contributed by atoms with Crippen LogP contribution in [0.1, 0.15) is 12.5 Å². The number of benzene rings is 2. The number of rotatable bonds is 5. The highest BCUT2D eigenvalue weighted by molar-refractivity contribution is 7.98. The zero-order chi connectivity index (χ0) is 17.8. The molecule has 0 aliphatic rings. The van der Waals surface area contributed by atoms with E-state index in [1.165, 1.54) is 6.92 Å². The van der Waals surface area contributed by atoms with Gasteiger partial charge in [-0.15, -0.1) is 11.8 Å². The van der Waals surface area contributed by atoms with Crippen LogP contribution in [0.4, 0.5) is 5.69 Å². The Morgan fingerprint density at radius 3 is 2.80 bits per heavy atom. The number of fused-ring (bicyclic) bond motifs is 1. The van der Waals surface area contributed by atoms with Crippen molar-refractivity contribution in [2.45, 2.75) is 18.4 Å². The van der Waals surface area contributed by atoms with E-state index in [4.69, 9.17) is 16.3 Å². The maximum absolute atomic E-state index is 11.3. The van der Waals surface area contributed by atoms with Crippen LogP contribution in [0, 0.1) is 0 Å². The molecule has 1 aromatic heterocycles. The summed E-state index contributed by atoms with van der Waals surface area (Å²) < 4.78 is 5.86. The van der Waals surface area contributed by atoms with Gasteiger partial charge in [0.05, 0.1) is 11.2 Å². The van der Waals surface area contributed by atoms with Crippen molar-refractivity contribution in [2.24, 2.45) is 0 Å². The number of nitrogens with zero attached hydrogens (tertiary/aromatic N) is 1. The van der Waals surface area contributed by atoms with Gasteiger partial charge in [-0.05, 0) is 36.6 Å². The second kappa shape index (κ2) is 7.76. The van der Waals surface area contributed by atoms with Crippen LogP contribution in [0.5, 0.6) is 5.75 Å². The van der Waals surface area contributed by atoms with Gasteiger partial charge in [-0.1, -0.05) is 29.8 Å². The van der Waals surface area contributed by atoms with E-state index in [9.17, 15) is 4.79 Å². The number of nitrogens with one attached hydrogen (secondary N) is 1. The molecule has 0 saturated heterocycles. The minimum absolute atomic E-state index is 0.147. The molecular weight excluding hydrogens is 356 g/mol. The fraction of sp³-hybridized carbons (Fsp3) is 0.158. The fourth-order valence-electron chi connectivity index (χ4n) is 2.44. The number of anilines is 1. The molecule has 2 aromatic carbocycles. The Hall–Kier alpha value is -2.24. The molecule has 0 unspecified atom stereocenters. The number of amides is 1. The topological polar surface area (TPSA) is 51.2 Å². The third-order valence-corrected chi connectivity index (χ3v) is 4.68. The van der Waals surface area contributed by atoms with E-state index in [1.54, 1.807) is 23.9 Å². The number of pyridine rings is 1. The van der Waals surface area contributed by atoms with Crippen molar-refractivity contribution >= 4 is 45.9 Å². The van der Waals surface area contributed by atoms with Gasteiger partial charge in [0.1, 0.15) is 17.5 Å². The van der Waals surface area contributed by atoms with Crippen LogP contribution in [0.25, 0.3) is 10.9 Å². The lowest BCUT2D eigenvalue weighted by Gasteiger charge is -2.13. The van der Waals surface area contributed by atoms with E-state index in [0.717, 1.165) is 21.4 Å². The first-order valence-corrected chi connectivity index (χ1v) is 9.29. The molecule has 0 radical (unpaired) electrons. The summed E-state index contributed by atoms with van der Waals surface area (Å²) in [5, 5.41) is 4.18. The Kier molecular flexibility index (Phi) is 5.46. The second-order valence-corrected chi connectivity index (χ2v) is 6.70. The Bertz CT molecular complexity index is 930. The molecule has 3 rings (SSSR count). The first kappa shape index (κ1) is 17.6. The zero-order valence-electron chi connectivity index (χ0n) is 13.9. The number of para-hydroxylation sites is 2. The lowest BCUT2D eigenvalue weighted by Crippen LogP contribution is -2.08. The summed E-state index contributed by atoms with van der Waals surface area (Å²) in [5.41, 5.74) is 2.28. The SMILES string of the molecule is CSc1ccc2cc(COc3ccccc3NC(C)=O)c(Cl)nc2c1. The number of hydrogen-bond acceptors (Lipinski definition) is 4. The third kappa shape index (κ3) is 4.24. The highest BCUT2D eigenvalue weighted by Gasteiger charge is 2.09. The molecule has 1 amide bonds. The molecule has 0 atom stereocenters. The van der Waals surface area contributed by atoms with Crippen molar-refractivity contribution in [1.29, 1.82) is 0 Å². The summed E-state index contributed by atoms with van der Waals surface area (Å²) in [5.74, 6) is 0.442. The van der Waals surface area contributed by atoms with E-state index in [2.05, 4.69) is 16.4 Å². The Labute approximate surface area is 155 Å². The smallest absolute Gasteiger partial charge is 0.221 e. The van der Waals surface area contributed by atoms with Crippen molar-refractivity contribution in [3.8, 4) is 5.75 Å². The van der Waals surface area contributed by atoms with Crippen LogP contribution in [-0.4, -0.2) is 17.1 Å². The van der Waals surface area contributed by atoms with Crippen LogP contribution in [0.15, 0.2) is 53.4 Å². The van der Waals surface area contributed by atoms with Gasteiger partial charge >= 0.3 is 0 Å². The standard InChI is InChI=1S/C19H17ClN2O2S/c1-12(23)21-16-5-3-4-6-18(16)24-11-14-9-13-7-8-15(25-2)10-17(13)22-19(14)20/h3-10H,11H2,1-2H3,(H,21,23). The van der Waals surface area contributed by atoms with Gasteiger partial charge in [-0.2, -0.15) is 0 Å². The van der Waals surface area contributed by atoms with Gasteiger partial charge in [0.25, 0.3) is 0 Å². The lowest BCUT2D eigenvalue weighted by molar-refractivity contribution is -0.114. The van der Waals surface area contributed by atoms with E-state index in [-0.39, 0.29) is 12.5 Å². The minimum Gasteiger partial charge on any atom is -0.487 e. The van der Waals surface area contributed by atoms with Crippen LogP contribution in [0.2, 0.25) is 5.15 Å². The largest absolute Gasteiger partial charge is 0.487 e. The Balaban J connectivity index is 1.84. The molecule has 0 spiro atoms. The van der Waals surface area contributed by atoms with Crippen molar-refractivity contribution in [3.05, 3.63) is 59.2 Å². The van der Waals surface area contributed by atoms with Crippen molar-refractivity contribution < 1.29 is 9.53 Å². The molecular formula is C19H17ClN2O2S. The predicted octanol–water partition coefficient (Wildman–Crippen LogP) is 5.15. The van der Waals surface area contributed by atoms with Gasteiger partial charge < -0.3 is 10.1 Å². The van der Waals surface area contributed by atoms with Crippen LogP contribution >= 0.6 is 23.4 Å². The van der Waals surface area contributed by atoms with E-state index >= 15 is 0 Å². The number of carbonyl (C=O) groups is 1. The molecule has 4 nitrogen and oxygen atoms in total. The summed E-state index contributed by atoms with van der Waals surface area (Å²) in [6.07, 6.45) is 2.03. The summed E-state index contributed by atoms with van der Waals surface area (Å²) >= 11 is 7.99. The highest BCUT2D eigenvalue weighted by atomic mass is 35.5. The molecule has 128 valence electrons. The first-order valence-electron chi connectivity index (χ1n) is 7.69. The predicted molar refractivity (Wildman–Crippen MR) is 104 cm³/mol. The number of ether oxygens (including phenoxy) is 1. The third-order valence-electron chi connectivity index (χ3n) is 3.63. The first-order chi connectivity index (χ1) is 12.1. The van der Waals surface area contributed by atoms with Gasteiger partial charge in [0, 0.05) is 22.8 Å². The summed E-state index contributed by atoms with van der Waals surface area (Å²) in [6, 6.07) is 15.4. The number of thioether (sulfide) groups is 1. The van der Waals surface area contributed by atoms with Crippen molar-refractivity contribution in [3.63, 3.8) is 0 Å². The summed E-state index contributed by atoms with van der Waals surface area (Å²) in [6.45, 7) is 1.73. The van der Waals surface area contributed by atoms with Crippen molar-refractivity contribution in [1.82, 2.24) is 4.98 Å². The molecule has 25 heavy (non-hydrogen) atoms. The van der Waals surface area contributed by atoms with Crippen LogP contribution in [0.3, 0.4) is 0 Å². The lowest BCUT2D eigenvalue weighted by atomic mass is 10.1. The molecule has 0 aliphatic heterocycles. The van der Waals surface area contributed by atoms with Crippen LogP contribution < -0.4 is 10.1 Å². The average molecular weight is 373 g/mol. The zero-order valence-corrected chi connectivity index (χ0v) is 15.4. The quantitative estimate of drug-likeness (QED) is 0.497. The molecule has 0 saturated carbocycles. The van der Waals surface area contributed by atoms with E-state index in [1.807, 2.05) is 36.6 Å². The van der Waals surface area contributed by atoms with Gasteiger partial charge in [0.2, 0.25) is 5.91 Å². The number of halogens is 1. The molecule has 6 heteroatoms. The maximum atomic E-state index is 11.3. The summed E-state index contributed by atoms with van der Waals surface area (Å²) in [7, 11) is 0.